The molecule has 0 bridgehead atoms. The maximum Gasteiger partial charge on any atom is 0.283 e. The number of nitrogens with zero attached hydrogens (tertiary/aromatic N) is 2. The lowest BCUT2D eigenvalue weighted by atomic mass is 10.0. The van der Waals surface area contributed by atoms with E-state index in [4.69, 9.17) is 25.5 Å². The van der Waals surface area contributed by atoms with Crippen LogP contribution in [0.5, 0.6) is 11.5 Å². The van der Waals surface area contributed by atoms with Crippen molar-refractivity contribution in [2.75, 3.05) is 0 Å². The minimum atomic E-state index is 0.750. The van der Waals surface area contributed by atoms with Crippen molar-refractivity contribution in [3.63, 3.8) is 0 Å². The second-order valence-electron chi connectivity index (χ2n) is 3.69. The first-order valence-corrected chi connectivity index (χ1v) is 5.66. The quantitative estimate of drug-likeness (QED) is 0.610. The lowest BCUT2D eigenvalue weighted by Crippen LogP contribution is -2.01. The number of fused-ring (bicyclic) bond motifs is 2. The van der Waals surface area contributed by atoms with Crippen molar-refractivity contribution >= 4 is 0 Å². The van der Waals surface area contributed by atoms with E-state index in [2.05, 4.69) is 24.3 Å². The van der Waals surface area contributed by atoms with Gasteiger partial charge in [0.2, 0.25) is 0 Å². The summed E-state index contributed by atoms with van der Waals surface area (Å²) in [6.45, 7) is 0. The maximum atomic E-state index is 6.88. The molecule has 5 heteroatoms. The fourth-order valence-corrected chi connectivity index (χ4v) is 1.82. The number of aliphatic hydroxyl groups excluding tert-OH is 2. The first-order valence-electron chi connectivity index (χ1n) is 5.66. The van der Waals surface area contributed by atoms with Gasteiger partial charge in [-0.15, -0.1) is 0 Å². The van der Waals surface area contributed by atoms with Crippen LogP contribution >= 0.6 is 0 Å². The van der Waals surface area contributed by atoms with Gasteiger partial charge < -0.3 is 14.9 Å². The van der Waals surface area contributed by atoms with Gasteiger partial charge in [0.25, 0.3) is 12.5 Å². The number of para-hydroxylation sites is 2. The van der Waals surface area contributed by atoms with Gasteiger partial charge in [0.15, 0.2) is 0 Å². The highest BCUT2D eigenvalue weighted by Gasteiger charge is 2.14. The monoisotopic (exact) mass is 268 g/mol. The molecule has 1 aliphatic heterocycles. The van der Waals surface area contributed by atoms with Gasteiger partial charge in [0.1, 0.15) is 11.5 Å². The van der Waals surface area contributed by atoms with Gasteiger partial charge in [0.05, 0.1) is 0 Å². The summed E-state index contributed by atoms with van der Waals surface area (Å²) in [4.78, 5) is 0. The zero-order valence-electron chi connectivity index (χ0n) is 10.5. The first-order chi connectivity index (χ1) is 9.76. The number of hydrogen-bond donors (Lipinski definition) is 2. The predicted octanol–water partition coefficient (Wildman–Crippen LogP) is 3.06. The Morgan fingerprint density at radius 1 is 0.800 bits per heavy atom. The Hall–Kier alpha value is -3.18. The summed E-state index contributed by atoms with van der Waals surface area (Å²) in [5.74, 6) is 1.98. The highest BCUT2D eigenvalue weighted by molar-refractivity contribution is 5.49. The third-order valence-electron chi connectivity index (χ3n) is 2.55. The molecule has 0 atom stereocenters. The van der Waals surface area contributed by atoms with Crippen LogP contribution in [0.2, 0.25) is 0 Å². The molecular formula is C15H12N2O3. The van der Waals surface area contributed by atoms with Crippen LogP contribution in [0.1, 0.15) is 11.1 Å². The topological polar surface area (TPSA) is 97.3 Å². The number of nitriles is 2. The summed E-state index contributed by atoms with van der Waals surface area (Å²) in [6.07, 6.45) is 2.48. The van der Waals surface area contributed by atoms with Crippen LogP contribution in [0.3, 0.4) is 0 Å². The zero-order chi connectivity index (χ0) is 14.8. The fourth-order valence-electron chi connectivity index (χ4n) is 1.82. The lowest BCUT2D eigenvalue weighted by molar-refractivity contribution is 0.460. The fraction of sp³-hybridized carbons (Fsp3) is 0.0667. The molecule has 3 rings (SSSR count). The molecule has 0 radical (unpaired) electrons. The summed E-state index contributed by atoms with van der Waals surface area (Å²) < 4.78 is 5.78. The van der Waals surface area contributed by atoms with E-state index >= 15 is 0 Å². The average Bonchev–Trinajstić information content (AvgIpc) is 2.47. The molecule has 0 saturated heterocycles. The average molecular weight is 268 g/mol. The van der Waals surface area contributed by atoms with Gasteiger partial charge in [-0.05, 0) is 23.3 Å². The predicted molar refractivity (Wildman–Crippen MR) is 70.9 cm³/mol. The molecule has 5 nitrogen and oxygen atoms in total. The maximum absolute atomic E-state index is 6.88. The third-order valence-corrected chi connectivity index (χ3v) is 2.55. The molecule has 0 spiro atoms. The van der Waals surface area contributed by atoms with E-state index in [0.29, 0.717) is 0 Å². The number of ether oxygens (including phenoxy) is 1. The normalized spacial score (nSPS) is 9.50. The van der Waals surface area contributed by atoms with Crippen molar-refractivity contribution in [3.8, 4) is 24.0 Å². The van der Waals surface area contributed by atoms with Crippen molar-refractivity contribution < 1.29 is 14.9 Å². The lowest BCUT2D eigenvalue weighted by Gasteiger charge is -2.19. The molecule has 0 aromatic heterocycles. The molecule has 0 amide bonds. The minimum absolute atomic E-state index is 0.750. The van der Waals surface area contributed by atoms with E-state index in [9.17, 15) is 0 Å². The van der Waals surface area contributed by atoms with Crippen LogP contribution in [0.4, 0.5) is 0 Å². The summed E-state index contributed by atoms with van der Waals surface area (Å²) in [6, 6.07) is 16.4. The molecule has 2 aromatic carbocycles. The van der Waals surface area contributed by atoms with Crippen LogP contribution in [0.25, 0.3) is 0 Å². The van der Waals surface area contributed by atoms with Gasteiger partial charge >= 0.3 is 0 Å². The van der Waals surface area contributed by atoms with E-state index < -0.39 is 0 Å². The number of aliphatic hydroxyl groups is 2. The van der Waals surface area contributed by atoms with Gasteiger partial charge in [-0.3, -0.25) is 0 Å². The zero-order valence-corrected chi connectivity index (χ0v) is 10.5. The molecule has 0 aliphatic carbocycles. The summed E-state index contributed by atoms with van der Waals surface area (Å²) in [5.41, 5.74) is 2.54. The Morgan fingerprint density at radius 2 is 1.15 bits per heavy atom. The van der Waals surface area contributed by atoms with Crippen molar-refractivity contribution in [1.82, 2.24) is 0 Å². The van der Waals surface area contributed by atoms with E-state index in [0.717, 1.165) is 30.4 Å². The van der Waals surface area contributed by atoms with E-state index in [1.165, 1.54) is 11.1 Å². The van der Waals surface area contributed by atoms with E-state index in [1.54, 1.807) is 0 Å². The molecule has 0 saturated carbocycles. The van der Waals surface area contributed by atoms with Crippen LogP contribution in [-0.4, -0.2) is 10.2 Å². The molecule has 2 N–H and O–H groups in total. The summed E-state index contributed by atoms with van der Waals surface area (Å²) in [7, 11) is 0. The number of hydrogen-bond acceptors (Lipinski definition) is 5. The molecule has 20 heavy (non-hydrogen) atoms. The van der Waals surface area contributed by atoms with Crippen LogP contribution in [0.15, 0.2) is 48.5 Å². The Morgan fingerprint density at radius 3 is 1.55 bits per heavy atom. The molecule has 2 aromatic rings. The van der Waals surface area contributed by atoms with E-state index in [1.807, 2.05) is 24.3 Å². The molecule has 100 valence electrons. The van der Waals surface area contributed by atoms with Crippen molar-refractivity contribution in [2.45, 2.75) is 6.42 Å². The van der Waals surface area contributed by atoms with Crippen LogP contribution < -0.4 is 4.74 Å². The SMILES string of the molecule is N#CO.N#CO.c1ccc2c(c1)Cc1ccccc1O2. The molecular weight excluding hydrogens is 256 g/mol. The Balaban J connectivity index is 0.000000290. The Kier molecular flexibility index (Phi) is 5.96. The number of rotatable bonds is 0. The largest absolute Gasteiger partial charge is 0.457 e. The Labute approximate surface area is 116 Å². The number of benzene rings is 2. The van der Waals surface area contributed by atoms with Gasteiger partial charge in [-0.1, -0.05) is 36.4 Å². The van der Waals surface area contributed by atoms with Gasteiger partial charge in [-0.25, -0.2) is 0 Å². The van der Waals surface area contributed by atoms with Crippen LogP contribution in [0, 0.1) is 23.0 Å². The van der Waals surface area contributed by atoms with Crippen molar-refractivity contribution in [2.24, 2.45) is 0 Å². The van der Waals surface area contributed by atoms with Crippen molar-refractivity contribution in [1.29, 1.82) is 10.5 Å². The molecule has 1 aliphatic rings. The second-order valence-corrected chi connectivity index (χ2v) is 3.69. The summed E-state index contributed by atoms with van der Waals surface area (Å²) in [5, 5.41) is 27.5. The highest BCUT2D eigenvalue weighted by Crippen LogP contribution is 2.35. The van der Waals surface area contributed by atoms with Crippen molar-refractivity contribution in [3.05, 3.63) is 59.7 Å². The smallest absolute Gasteiger partial charge is 0.283 e. The van der Waals surface area contributed by atoms with Gasteiger partial charge in [-0.2, -0.15) is 10.5 Å². The Bertz CT molecular complexity index is 543. The van der Waals surface area contributed by atoms with Gasteiger partial charge in [0, 0.05) is 6.42 Å². The molecule has 0 fully saturated rings. The highest BCUT2D eigenvalue weighted by atomic mass is 16.5. The third kappa shape index (κ3) is 3.94. The van der Waals surface area contributed by atoms with Crippen LogP contribution in [-0.2, 0) is 6.42 Å². The van der Waals surface area contributed by atoms with E-state index in [-0.39, 0.29) is 0 Å². The minimum Gasteiger partial charge on any atom is -0.457 e. The summed E-state index contributed by atoms with van der Waals surface area (Å²) >= 11 is 0. The first kappa shape index (κ1) is 14.9. The molecule has 1 heterocycles. The standard InChI is InChI=1S/C13H10O.2CHNO/c1-3-7-12-10(5-1)9-11-6-2-4-8-13(11)14-12;2*2-1-3/h1-8H,9H2;2*3H. The second kappa shape index (κ2) is 8.02. The molecule has 0 unspecified atom stereocenters.